The average Bonchev–Trinajstić information content (AvgIpc) is 2.34. The van der Waals surface area contributed by atoms with Crippen molar-refractivity contribution in [1.82, 2.24) is 0 Å². The molecule has 0 rings (SSSR count). The van der Waals surface area contributed by atoms with Gasteiger partial charge in [-0.2, -0.15) is 0 Å². The largest absolute Gasteiger partial charge is 0.555 e. The molecule has 0 bridgehead atoms. The molecule has 0 radical (unpaired) electrons. The molecule has 0 aliphatic carbocycles. The number of hydrogen-bond donors (Lipinski definition) is 0. The van der Waals surface area contributed by atoms with Gasteiger partial charge in [-0.15, -0.1) is 0 Å². The Morgan fingerprint density at radius 1 is 1.15 bits per heavy atom. The second-order valence-electron chi connectivity index (χ2n) is 4.26. The summed E-state index contributed by atoms with van der Waals surface area (Å²) < 4.78 is 9.83. The first kappa shape index (κ1) is 18.2. The van der Waals surface area contributed by atoms with Gasteiger partial charge in [0.15, 0.2) is 7.17 Å². The van der Waals surface area contributed by atoms with E-state index in [-0.39, 0.29) is 20.6 Å². The van der Waals surface area contributed by atoms with Crippen molar-refractivity contribution in [2.45, 2.75) is 5.90 Å². The van der Waals surface area contributed by atoms with Gasteiger partial charge < -0.3 is 9.39 Å². The van der Waals surface area contributed by atoms with E-state index in [0.717, 1.165) is 5.47 Å². The van der Waals surface area contributed by atoms with Crippen molar-refractivity contribution < 1.29 is 19.0 Å². The van der Waals surface area contributed by atoms with E-state index in [4.69, 9.17) is 9.39 Å². The molecule has 0 aliphatic heterocycles. The minimum absolute atomic E-state index is 0.203. The monoisotopic (exact) mass is 268 g/mol. The van der Waals surface area contributed by atoms with E-state index >= 15 is 0 Å². The molecule has 0 aliphatic rings. The van der Waals surface area contributed by atoms with Gasteiger partial charge in [0.25, 0.3) is 5.87 Å². The van der Waals surface area contributed by atoms with Crippen LogP contribution >= 0.6 is 0 Å². The first-order valence-corrected chi connectivity index (χ1v) is 6.45. The molecule has 0 spiro atoms. The predicted octanol–water partition coefficient (Wildman–Crippen LogP) is -1.24. The maximum absolute atomic E-state index is 11.4. The minimum Gasteiger partial charge on any atom is -0.555 e. The smallest absolute Gasteiger partial charge is 0.390 e. The Hall–Kier alpha value is -1.78. The summed E-state index contributed by atoms with van der Waals surface area (Å²) >= 11 is 0. The molecule has 100 valence electrons. The number of carbonyl (C=O) groups is 2. The second kappa shape index (κ2) is 11.1. The Kier molecular flexibility index (Phi) is 10.1. The van der Waals surface area contributed by atoms with Gasteiger partial charge in [-0.05, 0) is 0 Å². The Balaban J connectivity index is 4.09. The van der Waals surface area contributed by atoms with E-state index in [1.807, 2.05) is 12.2 Å². The summed E-state index contributed by atoms with van der Waals surface area (Å²) in [6.07, 6.45) is 8.78. The Bertz CT molecular complexity index is 417. The minimum atomic E-state index is -0.582. The van der Waals surface area contributed by atoms with E-state index in [2.05, 4.69) is 13.2 Å². The molecule has 9 heteroatoms. The van der Waals surface area contributed by atoms with Gasteiger partial charge in [-0.25, -0.2) is 0 Å². The zero-order chi connectivity index (χ0) is 15.4. The van der Waals surface area contributed by atoms with Gasteiger partial charge in [-0.3, -0.25) is 9.59 Å². The van der Waals surface area contributed by atoms with Crippen molar-refractivity contribution in [3.63, 3.8) is 0 Å². The Morgan fingerprint density at radius 2 is 1.85 bits per heavy atom. The van der Waals surface area contributed by atoms with Crippen LogP contribution in [0.3, 0.4) is 0 Å². The van der Waals surface area contributed by atoms with Crippen molar-refractivity contribution in [2.75, 3.05) is 0 Å². The number of hydrogen-bond acceptors (Lipinski definition) is 4. The normalized spacial score (nSPS) is 10.8. The van der Waals surface area contributed by atoms with E-state index in [0.29, 0.717) is 7.17 Å². The topological polar surface area (TPSA) is 52.6 Å². The molecular weight excluding hydrogens is 250 g/mol. The molecule has 0 saturated heterocycles. The zero-order valence-electron chi connectivity index (χ0n) is 12.1. The van der Waals surface area contributed by atoms with Crippen LogP contribution in [0.25, 0.3) is 0 Å². The molecule has 0 aromatic carbocycles. The third-order valence-corrected chi connectivity index (χ3v) is 2.09. The number of ether oxygens (including phenoxy) is 1. The molecule has 0 aromatic heterocycles. The molecule has 4 nitrogen and oxygen atoms in total. The maximum atomic E-state index is 11.4. The van der Waals surface area contributed by atoms with Gasteiger partial charge in [0.1, 0.15) is 15.7 Å². The van der Waals surface area contributed by atoms with Crippen LogP contribution in [-0.4, -0.2) is 55.2 Å². The van der Waals surface area contributed by atoms with Gasteiger partial charge in [0.2, 0.25) is 5.87 Å². The lowest BCUT2D eigenvalue weighted by atomic mass is 9.45. The second-order valence-corrected chi connectivity index (χ2v) is 4.26. The third-order valence-electron chi connectivity index (χ3n) is 2.09. The Labute approximate surface area is 123 Å². The fourth-order valence-corrected chi connectivity index (χ4v) is 1.32. The lowest BCUT2D eigenvalue weighted by Gasteiger charge is -2.07. The average molecular weight is 267 g/mol. The van der Waals surface area contributed by atoms with E-state index in [9.17, 15) is 9.59 Å². The van der Waals surface area contributed by atoms with Crippen molar-refractivity contribution >= 4 is 49.3 Å². The summed E-state index contributed by atoms with van der Waals surface area (Å²) in [6, 6.07) is 0. The summed E-state index contributed by atoms with van der Waals surface area (Å²) in [6.45, 7) is 7.19. The highest BCUT2D eigenvalue weighted by Gasteiger charge is 2.16. The van der Waals surface area contributed by atoms with Crippen LogP contribution in [-0.2, 0) is 9.39 Å². The SMILES string of the molecule is BC(B)OC(=O)BC(=O)OBBC(/C=C\C=C)=C/C=C. The van der Waals surface area contributed by atoms with Crippen LogP contribution in [0.1, 0.15) is 0 Å². The summed E-state index contributed by atoms with van der Waals surface area (Å²) in [4.78, 5) is 22.6. The highest BCUT2D eigenvalue weighted by Crippen LogP contribution is 1.96. The lowest BCUT2D eigenvalue weighted by Crippen LogP contribution is -2.28. The molecule has 0 heterocycles. The number of rotatable bonds is 9. The molecule has 0 amide bonds. The van der Waals surface area contributed by atoms with E-state index < -0.39 is 11.7 Å². The van der Waals surface area contributed by atoms with E-state index in [1.54, 1.807) is 33.9 Å². The fourth-order valence-electron chi connectivity index (χ4n) is 1.32. The molecule has 0 atom stereocenters. The predicted molar refractivity (Wildman–Crippen MR) is 92.9 cm³/mol. The first-order chi connectivity index (χ1) is 9.49. The standard InChI is InChI=1S/C11H17B5O4/c1-3-5-7-8(6-4-2)15-16-20-11(18)14-10(17)19-9(12)13/h3-7,9,14-16H,1-2,12-13H2/b7-5-,8-6+. The summed E-state index contributed by atoms with van der Waals surface area (Å²) in [5.74, 6) is -1.39. The molecule has 0 saturated carbocycles. The highest BCUT2D eigenvalue weighted by atomic mass is 16.5. The summed E-state index contributed by atoms with van der Waals surface area (Å²) in [7, 11) is 3.83. The van der Waals surface area contributed by atoms with Gasteiger partial charge in [0.05, 0.1) is 0 Å². The van der Waals surface area contributed by atoms with Gasteiger partial charge in [-0.1, -0.05) is 49.0 Å². The highest BCUT2D eigenvalue weighted by molar-refractivity contribution is 7.04. The molecule has 20 heavy (non-hydrogen) atoms. The van der Waals surface area contributed by atoms with Crippen molar-refractivity contribution in [3.05, 3.63) is 49.0 Å². The van der Waals surface area contributed by atoms with Crippen LogP contribution in [0.2, 0.25) is 0 Å². The molecular formula is C11H17B5O4. The maximum Gasteiger partial charge on any atom is 0.390 e. The third kappa shape index (κ3) is 10.2. The van der Waals surface area contributed by atoms with E-state index in [1.165, 1.54) is 0 Å². The van der Waals surface area contributed by atoms with Crippen molar-refractivity contribution in [3.8, 4) is 0 Å². The van der Waals surface area contributed by atoms with Crippen molar-refractivity contribution in [2.24, 2.45) is 0 Å². The lowest BCUT2D eigenvalue weighted by molar-refractivity contribution is 0.181. The first-order valence-electron chi connectivity index (χ1n) is 6.45. The number of carbonyl (C=O) groups excluding carboxylic acids is 2. The van der Waals surface area contributed by atoms with Crippen LogP contribution in [0, 0.1) is 0 Å². The Morgan fingerprint density at radius 3 is 2.40 bits per heavy atom. The van der Waals surface area contributed by atoms with Crippen LogP contribution in [0.15, 0.2) is 49.0 Å². The number of allylic oxidation sites excluding steroid dienone is 6. The van der Waals surface area contributed by atoms with Crippen molar-refractivity contribution in [1.29, 1.82) is 0 Å². The zero-order valence-corrected chi connectivity index (χ0v) is 12.1. The van der Waals surface area contributed by atoms with Crippen LogP contribution in [0.4, 0.5) is 9.59 Å². The quantitative estimate of drug-likeness (QED) is 0.387. The van der Waals surface area contributed by atoms with Gasteiger partial charge >= 0.3 is 14.7 Å². The van der Waals surface area contributed by atoms with Crippen LogP contribution in [0.5, 0.6) is 0 Å². The summed E-state index contributed by atoms with van der Waals surface area (Å²) in [5, 5.41) is 0. The van der Waals surface area contributed by atoms with Gasteiger partial charge in [0, 0.05) is 5.90 Å². The molecule has 0 N–H and O–H groups in total. The fraction of sp³-hybridized carbons (Fsp3) is 0.0909. The van der Waals surface area contributed by atoms with Crippen LogP contribution < -0.4 is 0 Å². The molecule has 0 aromatic rings. The summed E-state index contributed by atoms with van der Waals surface area (Å²) in [5.41, 5.74) is 0.956. The molecule has 0 unspecified atom stereocenters. The molecule has 0 fully saturated rings.